The maximum atomic E-state index is 13.9. The summed E-state index contributed by atoms with van der Waals surface area (Å²) < 4.78 is 21.5. The zero-order chi connectivity index (χ0) is 21.6. The van der Waals surface area contributed by atoms with E-state index in [1.54, 1.807) is 48.5 Å². The van der Waals surface area contributed by atoms with Crippen molar-refractivity contribution >= 4 is 5.91 Å². The highest BCUT2D eigenvalue weighted by molar-refractivity contribution is 5.76. The summed E-state index contributed by atoms with van der Waals surface area (Å²) >= 11 is 0. The molecule has 2 aromatic heterocycles. The van der Waals surface area contributed by atoms with Gasteiger partial charge in [-0.25, -0.2) is 4.39 Å². The molecule has 0 aliphatic rings. The molecule has 2 aromatic carbocycles. The Hall–Kier alpha value is -3.67. The number of nitrogens with zero attached hydrogens (tertiary/aromatic N) is 3. The third kappa shape index (κ3) is 5.28. The summed E-state index contributed by atoms with van der Waals surface area (Å²) in [5.74, 6) is 0.821. The number of rotatable bonds is 8. The van der Waals surface area contributed by atoms with Crippen molar-refractivity contribution in [2.75, 3.05) is 7.05 Å². The molecule has 0 atom stereocenters. The van der Waals surface area contributed by atoms with Crippen molar-refractivity contribution in [2.45, 2.75) is 25.9 Å². The van der Waals surface area contributed by atoms with Crippen molar-refractivity contribution in [3.8, 4) is 11.3 Å². The van der Waals surface area contributed by atoms with Crippen LogP contribution in [0.2, 0.25) is 0 Å². The fourth-order valence-electron chi connectivity index (χ4n) is 3.45. The van der Waals surface area contributed by atoms with Gasteiger partial charge >= 0.3 is 0 Å². The van der Waals surface area contributed by atoms with Crippen LogP contribution in [0.4, 0.5) is 4.39 Å². The van der Waals surface area contributed by atoms with Crippen molar-refractivity contribution in [2.24, 2.45) is 0 Å². The van der Waals surface area contributed by atoms with Crippen LogP contribution in [0.25, 0.3) is 11.3 Å². The van der Waals surface area contributed by atoms with Gasteiger partial charge in [-0.05, 0) is 29.8 Å². The van der Waals surface area contributed by atoms with E-state index in [0.717, 1.165) is 5.56 Å². The van der Waals surface area contributed by atoms with Gasteiger partial charge in [-0.1, -0.05) is 42.5 Å². The van der Waals surface area contributed by atoms with Crippen LogP contribution >= 0.6 is 0 Å². The predicted molar refractivity (Wildman–Crippen MR) is 117 cm³/mol. The van der Waals surface area contributed by atoms with Crippen molar-refractivity contribution in [3.63, 3.8) is 0 Å². The summed E-state index contributed by atoms with van der Waals surface area (Å²) in [7, 11) is 1.78. The summed E-state index contributed by atoms with van der Waals surface area (Å²) in [6, 6.07) is 20.1. The lowest BCUT2D eigenvalue weighted by Crippen LogP contribution is -2.26. The zero-order valence-corrected chi connectivity index (χ0v) is 17.4. The Labute approximate surface area is 180 Å². The first kappa shape index (κ1) is 20.6. The number of halogens is 1. The van der Waals surface area contributed by atoms with E-state index >= 15 is 0 Å². The fraction of sp³-hybridized carbons (Fsp3) is 0.200. The number of amides is 1. The Bertz CT molecular complexity index is 1150. The second-order valence-corrected chi connectivity index (χ2v) is 7.53. The van der Waals surface area contributed by atoms with Crippen LogP contribution in [0.1, 0.15) is 23.3 Å². The molecule has 0 fully saturated rings. The van der Waals surface area contributed by atoms with E-state index in [0.29, 0.717) is 43.0 Å². The van der Waals surface area contributed by atoms with Gasteiger partial charge < -0.3 is 9.32 Å². The van der Waals surface area contributed by atoms with Gasteiger partial charge in [0.1, 0.15) is 17.3 Å². The molecular formula is C25H24FN3O2. The number of hydrogen-bond acceptors (Lipinski definition) is 3. The van der Waals surface area contributed by atoms with E-state index in [-0.39, 0.29) is 11.7 Å². The van der Waals surface area contributed by atoms with Crippen LogP contribution in [-0.4, -0.2) is 27.6 Å². The molecule has 0 bridgehead atoms. The Kier molecular flexibility index (Phi) is 6.26. The van der Waals surface area contributed by atoms with Crippen LogP contribution in [0.5, 0.6) is 0 Å². The largest absolute Gasteiger partial charge is 0.461 e. The normalized spacial score (nSPS) is 10.9. The van der Waals surface area contributed by atoms with Crippen molar-refractivity contribution in [1.82, 2.24) is 14.7 Å². The van der Waals surface area contributed by atoms with Gasteiger partial charge in [-0.2, -0.15) is 5.10 Å². The highest BCUT2D eigenvalue weighted by Crippen LogP contribution is 2.25. The minimum atomic E-state index is -0.327. The molecule has 0 aliphatic heterocycles. The Balaban J connectivity index is 1.29. The number of carbonyl (C=O) groups excluding carboxylic acids is 1. The summed E-state index contributed by atoms with van der Waals surface area (Å²) in [6.45, 7) is 1.19. The van der Waals surface area contributed by atoms with Gasteiger partial charge in [-0.15, -0.1) is 0 Å². The van der Waals surface area contributed by atoms with E-state index in [9.17, 15) is 9.18 Å². The van der Waals surface area contributed by atoms with Crippen LogP contribution in [-0.2, 0) is 24.3 Å². The average molecular weight is 417 g/mol. The maximum absolute atomic E-state index is 13.9. The molecule has 31 heavy (non-hydrogen) atoms. The second kappa shape index (κ2) is 9.43. The Morgan fingerprint density at radius 2 is 1.81 bits per heavy atom. The molecule has 0 saturated heterocycles. The first-order valence-corrected chi connectivity index (χ1v) is 10.2. The summed E-state index contributed by atoms with van der Waals surface area (Å²) in [6.07, 6.45) is 4.54. The predicted octanol–water partition coefficient (Wildman–Crippen LogP) is 4.92. The van der Waals surface area contributed by atoms with E-state index in [1.165, 1.54) is 11.6 Å². The second-order valence-electron chi connectivity index (χ2n) is 7.53. The lowest BCUT2D eigenvalue weighted by molar-refractivity contribution is -0.130. The smallest absolute Gasteiger partial charge is 0.223 e. The molecule has 0 saturated carbocycles. The number of hydrogen-bond donors (Lipinski definition) is 0. The molecule has 0 unspecified atom stereocenters. The molecule has 0 N–H and O–H groups in total. The number of furan rings is 1. The molecular weight excluding hydrogens is 393 g/mol. The fourth-order valence-corrected chi connectivity index (χ4v) is 3.45. The topological polar surface area (TPSA) is 51.3 Å². The third-order valence-electron chi connectivity index (χ3n) is 5.11. The van der Waals surface area contributed by atoms with Gasteiger partial charge in [0.25, 0.3) is 0 Å². The Morgan fingerprint density at radius 1 is 1.03 bits per heavy atom. The molecule has 4 aromatic rings. The SMILES string of the molecule is CN(Cc1cnn(Cc2ccccc2)c1)C(=O)CCc1ccc(-c2ccccc2F)o1. The molecule has 5 nitrogen and oxygen atoms in total. The molecule has 0 radical (unpaired) electrons. The van der Waals surface area contributed by atoms with E-state index in [2.05, 4.69) is 17.2 Å². The van der Waals surface area contributed by atoms with Gasteiger partial charge in [0.05, 0.1) is 18.3 Å². The standard InChI is InChI=1S/C25H24FN3O2/c1-28(16-20-15-27-29(18-20)17-19-7-3-2-4-8-19)25(30)14-12-21-11-13-24(31-21)22-9-5-6-10-23(22)26/h2-11,13,15,18H,12,14,16-17H2,1H3. The quantitative estimate of drug-likeness (QED) is 0.409. The highest BCUT2D eigenvalue weighted by atomic mass is 19.1. The van der Waals surface area contributed by atoms with Crippen LogP contribution < -0.4 is 0 Å². The minimum Gasteiger partial charge on any atom is -0.461 e. The first-order valence-electron chi connectivity index (χ1n) is 10.2. The molecule has 4 rings (SSSR count). The number of aromatic nitrogens is 2. The Morgan fingerprint density at radius 3 is 2.61 bits per heavy atom. The van der Waals surface area contributed by atoms with Gasteiger partial charge in [0.15, 0.2) is 0 Å². The number of aryl methyl sites for hydroxylation is 1. The summed E-state index contributed by atoms with van der Waals surface area (Å²) in [5.41, 5.74) is 2.58. The van der Waals surface area contributed by atoms with Crippen molar-refractivity contribution in [3.05, 3.63) is 102 Å². The van der Waals surface area contributed by atoms with Crippen LogP contribution in [0, 0.1) is 5.82 Å². The van der Waals surface area contributed by atoms with E-state index < -0.39 is 0 Å². The maximum Gasteiger partial charge on any atom is 0.223 e. The first-order chi connectivity index (χ1) is 15.1. The molecule has 2 heterocycles. The number of carbonyl (C=O) groups is 1. The van der Waals surface area contributed by atoms with Crippen LogP contribution in [0.3, 0.4) is 0 Å². The average Bonchev–Trinajstić information content (AvgIpc) is 3.42. The lowest BCUT2D eigenvalue weighted by atomic mass is 10.1. The lowest BCUT2D eigenvalue weighted by Gasteiger charge is -2.15. The van der Waals surface area contributed by atoms with E-state index in [4.69, 9.17) is 4.42 Å². The molecule has 6 heteroatoms. The molecule has 0 aliphatic carbocycles. The summed E-state index contributed by atoms with van der Waals surface area (Å²) in [5, 5.41) is 4.39. The third-order valence-corrected chi connectivity index (χ3v) is 5.11. The van der Waals surface area contributed by atoms with Crippen molar-refractivity contribution in [1.29, 1.82) is 0 Å². The summed E-state index contributed by atoms with van der Waals surface area (Å²) in [4.78, 5) is 14.2. The van der Waals surface area contributed by atoms with Crippen molar-refractivity contribution < 1.29 is 13.6 Å². The monoisotopic (exact) mass is 417 g/mol. The molecule has 0 spiro atoms. The van der Waals surface area contributed by atoms with Gasteiger partial charge in [0, 0.05) is 38.2 Å². The van der Waals surface area contributed by atoms with Gasteiger partial charge in [0.2, 0.25) is 5.91 Å². The van der Waals surface area contributed by atoms with Crippen LogP contribution in [0.15, 0.2) is 83.5 Å². The highest BCUT2D eigenvalue weighted by Gasteiger charge is 2.14. The zero-order valence-electron chi connectivity index (χ0n) is 17.4. The van der Waals surface area contributed by atoms with E-state index in [1.807, 2.05) is 29.1 Å². The molecule has 1 amide bonds. The molecule has 158 valence electrons. The number of benzene rings is 2. The minimum absolute atomic E-state index is 0.0136. The van der Waals surface area contributed by atoms with Gasteiger partial charge in [-0.3, -0.25) is 9.48 Å².